The SMILES string of the molecule is COC1CCC2C3CC(CN2C1)C1CCCC(=O)N1C3. The molecule has 0 aromatic rings. The van der Waals surface area contributed by atoms with Gasteiger partial charge in [0.1, 0.15) is 0 Å². The van der Waals surface area contributed by atoms with E-state index in [4.69, 9.17) is 4.74 Å². The van der Waals surface area contributed by atoms with Crippen molar-refractivity contribution in [3.8, 4) is 0 Å². The van der Waals surface area contributed by atoms with Crippen molar-refractivity contribution in [3.63, 3.8) is 0 Å². The molecular weight excluding hydrogens is 252 g/mol. The molecule has 4 rings (SSSR count). The van der Waals surface area contributed by atoms with E-state index in [1.54, 1.807) is 0 Å². The maximum atomic E-state index is 12.2. The zero-order chi connectivity index (χ0) is 13.7. The highest BCUT2D eigenvalue weighted by Crippen LogP contribution is 2.43. The first-order valence-corrected chi connectivity index (χ1v) is 8.32. The molecule has 0 radical (unpaired) electrons. The molecule has 5 atom stereocenters. The zero-order valence-corrected chi connectivity index (χ0v) is 12.5. The van der Waals surface area contributed by atoms with Crippen LogP contribution in [-0.2, 0) is 9.53 Å². The van der Waals surface area contributed by atoms with E-state index in [-0.39, 0.29) is 0 Å². The summed E-state index contributed by atoms with van der Waals surface area (Å²) in [6, 6.07) is 1.24. The van der Waals surface area contributed by atoms with Crippen LogP contribution in [0.4, 0.5) is 0 Å². The molecule has 1 amide bonds. The Morgan fingerprint density at radius 3 is 2.75 bits per heavy atom. The van der Waals surface area contributed by atoms with E-state index in [0.717, 1.165) is 25.9 Å². The first kappa shape index (κ1) is 13.1. The zero-order valence-electron chi connectivity index (χ0n) is 12.5. The second kappa shape index (κ2) is 4.99. The third kappa shape index (κ3) is 2.00. The number of carbonyl (C=O) groups is 1. The van der Waals surface area contributed by atoms with Crippen LogP contribution in [-0.4, -0.2) is 60.6 Å². The Kier molecular flexibility index (Phi) is 3.26. The summed E-state index contributed by atoms with van der Waals surface area (Å²) < 4.78 is 5.58. The van der Waals surface area contributed by atoms with Crippen molar-refractivity contribution in [1.29, 1.82) is 0 Å². The highest BCUT2D eigenvalue weighted by Gasteiger charge is 2.48. The lowest BCUT2D eigenvalue weighted by molar-refractivity contribution is -0.150. The number of hydrogen-bond donors (Lipinski definition) is 0. The van der Waals surface area contributed by atoms with E-state index in [2.05, 4.69) is 9.80 Å². The number of fused-ring (bicyclic) bond motifs is 6. The van der Waals surface area contributed by atoms with Crippen LogP contribution in [0.25, 0.3) is 0 Å². The van der Waals surface area contributed by atoms with Gasteiger partial charge in [-0.05, 0) is 43.9 Å². The molecule has 0 spiro atoms. The Morgan fingerprint density at radius 1 is 1.05 bits per heavy atom. The lowest BCUT2D eigenvalue weighted by atomic mass is 9.70. The molecule has 4 saturated heterocycles. The Bertz CT molecular complexity index is 400. The maximum absolute atomic E-state index is 12.2. The first-order valence-electron chi connectivity index (χ1n) is 8.32. The van der Waals surface area contributed by atoms with Crippen LogP contribution >= 0.6 is 0 Å². The molecule has 0 saturated carbocycles. The Labute approximate surface area is 121 Å². The van der Waals surface area contributed by atoms with Crippen LogP contribution in [0.2, 0.25) is 0 Å². The number of methoxy groups -OCH3 is 1. The second-order valence-electron chi connectivity index (χ2n) is 7.22. The van der Waals surface area contributed by atoms with Gasteiger partial charge in [-0.1, -0.05) is 0 Å². The standard InChI is InChI=1S/C16H26N2O2/c1-20-13-5-6-14-12-7-11(8-17(14)10-13)15-3-2-4-16(19)18(15)9-12/h11-15H,2-10H2,1H3. The normalized spacial score (nSPS) is 45.0. The van der Waals surface area contributed by atoms with Crippen LogP contribution in [0.15, 0.2) is 0 Å². The summed E-state index contributed by atoms with van der Waals surface area (Å²) >= 11 is 0. The van der Waals surface area contributed by atoms with E-state index < -0.39 is 0 Å². The highest BCUT2D eigenvalue weighted by atomic mass is 16.5. The molecule has 5 unspecified atom stereocenters. The van der Waals surface area contributed by atoms with Crippen molar-refractivity contribution >= 4 is 5.91 Å². The summed E-state index contributed by atoms with van der Waals surface area (Å²) in [5.74, 6) is 1.85. The molecule has 4 nitrogen and oxygen atoms in total. The van der Waals surface area contributed by atoms with Gasteiger partial charge in [0.05, 0.1) is 6.10 Å². The average molecular weight is 278 g/mol. The molecule has 0 aliphatic carbocycles. The number of nitrogens with zero attached hydrogens (tertiary/aromatic N) is 2. The summed E-state index contributed by atoms with van der Waals surface area (Å²) in [4.78, 5) is 17.1. The summed E-state index contributed by atoms with van der Waals surface area (Å²) in [6.45, 7) is 3.32. The van der Waals surface area contributed by atoms with Crippen LogP contribution in [0.5, 0.6) is 0 Å². The lowest BCUT2D eigenvalue weighted by Crippen LogP contribution is -2.65. The third-order valence-corrected chi connectivity index (χ3v) is 6.23. The van der Waals surface area contributed by atoms with E-state index in [1.807, 2.05) is 7.11 Å². The highest BCUT2D eigenvalue weighted by molar-refractivity contribution is 5.77. The van der Waals surface area contributed by atoms with Crippen molar-refractivity contribution in [2.45, 2.75) is 56.7 Å². The predicted molar refractivity (Wildman–Crippen MR) is 76.3 cm³/mol. The quantitative estimate of drug-likeness (QED) is 0.728. The van der Waals surface area contributed by atoms with Gasteiger partial charge in [0.15, 0.2) is 0 Å². The smallest absolute Gasteiger partial charge is 0.222 e. The number of hydrogen-bond acceptors (Lipinski definition) is 3. The number of amides is 1. The van der Waals surface area contributed by atoms with Crippen LogP contribution in [0, 0.1) is 11.8 Å². The summed E-state index contributed by atoms with van der Waals surface area (Å²) in [7, 11) is 1.84. The predicted octanol–water partition coefficient (Wildman–Crippen LogP) is 1.50. The van der Waals surface area contributed by atoms with Gasteiger partial charge in [-0.25, -0.2) is 0 Å². The van der Waals surface area contributed by atoms with E-state index in [0.29, 0.717) is 35.9 Å². The monoisotopic (exact) mass is 278 g/mol. The molecule has 4 fully saturated rings. The topological polar surface area (TPSA) is 32.8 Å². The van der Waals surface area contributed by atoms with Gasteiger partial charge >= 0.3 is 0 Å². The van der Waals surface area contributed by atoms with Crippen LogP contribution < -0.4 is 0 Å². The Balaban J connectivity index is 1.54. The summed E-state index contributed by atoms with van der Waals surface area (Å²) in [5, 5.41) is 0. The van der Waals surface area contributed by atoms with Crippen molar-refractivity contribution in [2.24, 2.45) is 11.8 Å². The van der Waals surface area contributed by atoms with Gasteiger partial charge in [0.2, 0.25) is 5.91 Å². The van der Waals surface area contributed by atoms with E-state index >= 15 is 0 Å². The first-order chi connectivity index (χ1) is 9.76. The number of piperidine rings is 4. The minimum absolute atomic E-state index is 0.425. The summed E-state index contributed by atoms with van der Waals surface area (Å²) in [5.41, 5.74) is 0. The minimum atomic E-state index is 0.425. The molecule has 4 heteroatoms. The van der Waals surface area contributed by atoms with Gasteiger partial charge < -0.3 is 9.64 Å². The van der Waals surface area contributed by atoms with Gasteiger partial charge in [-0.3, -0.25) is 9.69 Å². The van der Waals surface area contributed by atoms with E-state index in [9.17, 15) is 4.79 Å². The van der Waals surface area contributed by atoms with Gasteiger partial charge in [-0.15, -0.1) is 0 Å². The lowest BCUT2D eigenvalue weighted by Gasteiger charge is -2.57. The minimum Gasteiger partial charge on any atom is -0.380 e. The van der Waals surface area contributed by atoms with Crippen LogP contribution in [0.1, 0.15) is 38.5 Å². The Hall–Kier alpha value is -0.610. The maximum Gasteiger partial charge on any atom is 0.222 e. The molecule has 112 valence electrons. The molecule has 4 aliphatic heterocycles. The fourth-order valence-corrected chi connectivity index (χ4v) is 5.29. The van der Waals surface area contributed by atoms with Gasteiger partial charge in [-0.2, -0.15) is 0 Å². The Morgan fingerprint density at radius 2 is 1.90 bits per heavy atom. The fraction of sp³-hybridized carbons (Fsp3) is 0.938. The van der Waals surface area contributed by atoms with Crippen LogP contribution in [0.3, 0.4) is 0 Å². The molecule has 0 N–H and O–H groups in total. The number of ether oxygens (including phenoxy) is 1. The molecule has 0 aromatic carbocycles. The van der Waals surface area contributed by atoms with Gasteiger partial charge in [0, 0.05) is 45.2 Å². The molecular formula is C16H26N2O2. The second-order valence-corrected chi connectivity index (χ2v) is 7.22. The van der Waals surface area contributed by atoms with Gasteiger partial charge in [0.25, 0.3) is 0 Å². The molecule has 4 heterocycles. The largest absolute Gasteiger partial charge is 0.380 e. The molecule has 0 aromatic heterocycles. The molecule has 20 heavy (non-hydrogen) atoms. The van der Waals surface area contributed by atoms with Crippen molar-refractivity contribution in [2.75, 3.05) is 26.7 Å². The fourth-order valence-electron chi connectivity index (χ4n) is 5.29. The summed E-state index contributed by atoms with van der Waals surface area (Å²) in [6.07, 6.45) is 7.34. The van der Waals surface area contributed by atoms with E-state index in [1.165, 1.54) is 32.2 Å². The van der Waals surface area contributed by atoms with Crippen molar-refractivity contribution in [3.05, 3.63) is 0 Å². The van der Waals surface area contributed by atoms with Crippen molar-refractivity contribution < 1.29 is 9.53 Å². The molecule has 4 aliphatic rings. The number of carbonyl (C=O) groups excluding carboxylic acids is 1. The number of rotatable bonds is 1. The van der Waals surface area contributed by atoms with Crippen molar-refractivity contribution in [1.82, 2.24) is 9.80 Å². The molecule has 2 bridgehead atoms. The third-order valence-electron chi connectivity index (χ3n) is 6.23. The average Bonchev–Trinajstić information content (AvgIpc) is 2.48.